The largest absolute Gasteiger partial charge is 0.527 e. The number of rotatable bonds is 24. The van der Waals surface area contributed by atoms with E-state index in [0.29, 0.717) is 10.6 Å². The quantitative estimate of drug-likeness (QED) is 0.0777. The maximum atomic E-state index is 14.1. The van der Waals surface area contributed by atoms with Gasteiger partial charge in [-0.3, -0.25) is 0 Å². The van der Waals surface area contributed by atoms with Gasteiger partial charge in [0.2, 0.25) is 0 Å². The molecule has 1 aromatic heterocycles. The van der Waals surface area contributed by atoms with Gasteiger partial charge >= 0.3 is 36.9 Å². The molecule has 0 radical (unpaired) electrons. The van der Waals surface area contributed by atoms with E-state index in [2.05, 4.69) is 26.6 Å². The van der Waals surface area contributed by atoms with E-state index < -0.39 is 62.9 Å². The summed E-state index contributed by atoms with van der Waals surface area (Å²) >= 11 is 1.39. The van der Waals surface area contributed by atoms with Gasteiger partial charge in [0.25, 0.3) is 0 Å². The number of ether oxygens (including phenoxy) is 5. The first-order chi connectivity index (χ1) is 23.0. The minimum absolute atomic E-state index is 0.0959. The summed E-state index contributed by atoms with van der Waals surface area (Å²) in [6.45, 7) is -2.44. The van der Waals surface area contributed by atoms with Gasteiger partial charge in [0.1, 0.15) is 29.0 Å². The van der Waals surface area contributed by atoms with Crippen molar-refractivity contribution in [2.45, 2.75) is 108 Å². The molecular weight excluding hydrogens is 742 g/mol. The summed E-state index contributed by atoms with van der Waals surface area (Å²) in [7, 11) is 0. The number of halogens is 14. The highest BCUT2D eigenvalue weighted by Crippen LogP contribution is 2.48. The summed E-state index contributed by atoms with van der Waals surface area (Å²) in [5.74, 6) is 0.0959. The molecule has 0 fully saturated rings. The second kappa shape index (κ2) is 18.3. The van der Waals surface area contributed by atoms with Crippen LogP contribution in [0.5, 0.6) is 5.75 Å². The van der Waals surface area contributed by atoms with Gasteiger partial charge in [0, 0.05) is 12.0 Å². The molecule has 7 nitrogen and oxygen atoms in total. The molecule has 0 bridgehead atoms. The van der Waals surface area contributed by atoms with Gasteiger partial charge in [-0.1, -0.05) is 63.2 Å². The number of hydrogen-bond donors (Lipinski definition) is 0. The number of benzene rings is 1. The lowest BCUT2D eigenvalue weighted by molar-refractivity contribution is -0.564. The number of aryl methyl sites for hydroxylation is 1. The van der Waals surface area contributed by atoms with Crippen LogP contribution in [0.25, 0.3) is 10.6 Å². The van der Waals surface area contributed by atoms with Gasteiger partial charge in [-0.05, 0) is 30.7 Å². The molecule has 0 aliphatic rings. The number of aromatic nitrogens is 2. The van der Waals surface area contributed by atoms with E-state index in [4.69, 9.17) is 4.74 Å². The summed E-state index contributed by atoms with van der Waals surface area (Å²) in [4.78, 5) is 0. The SMILES string of the molecule is CCCCCCCCCCc1nnc(-c2ccc(OCC(F)COCC(F)(F)OC(F)(F)C(F)(F)OC(F)(F)C(F)(F)OC(F)(F)F)cc2)s1. The van der Waals surface area contributed by atoms with E-state index in [0.717, 1.165) is 30.7 Å². The third kappa shape index (κ3) is 14.6. The molecule has 22 heteroatoms. The molecule has 0 saturated carbocycles. The number of nitrogens with zero attached hydrogens (tertiary/aromatic N) is 2. The molecule has 0 N–H and O–H groups in total. The topological polar surface area (TPSA) is 71.9 Å². The molecule has 2 aromatic rings. The summed E-state index contributed by atoms with van der Waals surface area (Å²) in [5, 5.41) is 9.79. The zero-order valence-corrected chi connectivity index (χ0v) is 26.8. The van der Waals surface area contributed by atoms with Gasteiger partial charge in [-0.25, -0.2) is 18.6 Å². The Hall–Kier alpha value is -2.56. The van der Waals surface area contributed by atoms with Crippen LogP contribution in [0.3, 0.4) is 0 Å². The van der Waals surface area contributed by atoms with Crippen molar-refractivity contribution in [1.29, 1.82) is 0 Å². The molecule has 1 atom stereocenters. The zero-order chi connectivity index (χ0) is 37.9. The van der Waals surface area contributed by atoms with Crippen molar-refractivity contribution in [1.82, 2.24) is 10.2 Å². The fourth-order valence-electron chi connectivity index (χ4n) is 3.88. The predicted molar refractivity (Wildman–Crippen MR) is 147 cm³/mol. The van der Waals surface area contributed by atoms with E-state index in [1.54, 1.807) is 21.6 Å². The van der Waals surface area contributed by atoms with Gasteiger partial charge < -0.3 is 9.47 Å². The van der Waals surface area contributed by atoms with Gasteiger partial charge in [-0.2, -0.15) is 43.9 Å². The van der Waals surface area contributed by atoms with Crippen molar-refractivity contribution in [3.8, 4) is 16.3 Å². The van der Waals surface area contributed by atoms with Crippen molar-refractivity contribution in [2.75, 3.05) is 19.8 Å². The van der Waals surface area contributed by atoms with Crippen molar-refractivity contribution in [3.05, 3.63) is 29.3 Å². The van der Waals surface area contributed by atoms with Gasteiger partial charge in [-0.15, -0.1) is 23.4 Å². The molecule has 0 aliphatic heterocycles. The zero-order valence-electron chi connectivity index (χ0n) is 26.0. The first kappa shape index (κ1) is 43.6. The van der Waals surface area contributed by atoms with Crippen LogP contribution in [-0.2, 0) is 25.4 Å². The summed E-state index contributed by atoms with van der Waals surface area (Å²) < 4.78 is 198. The lowest BCUT2D eigenvalue weighted by Gasteiger charge is -2.33. The lowest BCUT2D eigenvalue weighted by Crippen LogP contribution is -2.57. The predicted octanol–water partition coefficient (Wildman–Crippen LogP) is 10.2. The Labute approximate surface area is 280 Å². The van der Waals surface area contributed by atoms with E-state index in [1.165, 1.54) is 55.6 Å². The summed E-state index contributed by atoms with van der Waals surface area (Å²) in [6.07, 6.45) is -32.4. The Morgan fingerprint density at radius 3 is 1.72 bits per heavy atom. The minimum Gasteiger partial charge on any atom is -0.490 e. The molecule has 0 amide bonds. The van der Waals surface area contributed by atoms with E-state index >= 15 is 0 Å². The Kier molecular flexibility index (Phi) is 15.9. The molecule has 288 valence electrons. The highest BCUT2D eigenvalue weighted by Gasteiger charge is 2.74. The van der Waals surface area contributed by atoms with E-state index in [1.807, 2.05) is 0 Å². The third-order valence-electron chi connectivity index (χ3n) is 6.27. The van der Waals surface area contributed by atoms with Crippen molar-refractivity contribution < 1.29 is 85.2 Å². The molecule has 1 heterocycles. The Morgan fingerprint density at radius 1 is 0.640 bits per heavy atom. The number of hydrogen-bond acceptors (Lipinski definition) is 8. The molecule has 50 heavy (non-hydrogen) atoms. The standard InChI is InChI=1S/C28H32F14N2O5S/c1-2-3-4-5-6-7-8-9-10-21-43-44-22(50-21)18-11-13-20(14-12-18)46-16-19(29)15-45-17-23(30,31)47-24(32,33)25(34,35)48-26(36,37)27(38,39)49-28(40,41)42/h11-14,19H,2-10,15-17H2,1H3. The number of unbranched alkanes of at least 4 members (excludes halogenated alkanes) is 7. The summed E-state index contributed by atoms with van der Waals surface area (Å²) in [5.41, 5.74) is 0.666. The minimum atomic E-state index is -7.15. The van der Waals surface area contributed by atoms with Crippen LogP contribution >= 0.6 is 11.3 Å². The smallest absolute Gasteiger partial charge is 0.490 e. The van der Waals surface area contributed by atoms with E-state index in [-0.39, 0.29) is 5.75 Å². The molecular formula is C28H32F14N2O5S. The van der Waals surface area contributed by atoms with Crippen LogP contribution in [0.15, 0.2) is 24.3 Å². The van der Waals surface area contributed by atoms with Crippen molar-refractivity contribution in [2.24, 2.45) is 0 Å². The highest BCUT2D eigenvalue weighted by atomic mass is 32.1. The first-order valence-corrected chi connectivity index (χ1v) is 15.6. The van der Waals surface area contributed by atoms with Gasteiger partial charge in [0.15, 0.2) is 6.17 Å². The average molecular weight is 775 g/mol. The van der Waals surface area contributed by atoms with Crippen LogP contribution < -0.4 is 4.74 Å². The molecule has 0 aliphatic carbocycles. The second-order valence-electron chi connectivity index (χ2n) is 10.6. The second-order valence-corrected chi connectivity index (χ2v) is 11.7. The average Bonchev–Trinajstić information content (AvgIpc) is 3.44. The molecule has 1 unspecified atom stereocenters. The molecule has 2 rings (SSSR count). The monoisotopic (exact) mass is 774 g/mol. The maximum Gasteiger partial charge on any atom is 0.527 e. The van der Waals surface area contributed by atoms with Crippen molar-refractivity contribution >= 4 is 11.3 Å². The van der Waals surface area contributed by atoms with Crippen LogP contribution in [-0.4, -0.2) is 73.1 Å². The fraction of sp³-hybridized carbons (Fsp3) is 0.714. The van der Waals surface area contributed by atoms with Crippen LogP contribution in [0.4, 0.5) is 61.5 Å². The summed E-state index contributed by atoms with van der Waals surface area (Å²) in [6, 6.07) is 6.00. The maximum absolute atomic E-state index is 14.1. The van der Waals surface area contributed by atoms with Crippen LogP contribution in [0.1, 0.15) is 63.3 Å². The van der Waals surface area contributed by atoms with Crippen molar-refractivity contribution in [3.63, 3.8) is 0 Å². The Morgan fingerprint density at radius 2 is 1.16 bits per heavy atom. The van der Waals surface area contributed by atoms with Crippen LogP contribution in [0.2, 0.25) is 0 Å². The first-order valence-electron chi connectivity index (χ1n) is 14.8. The Bertz CT molecular complexity index is 1280. The fourth-order valence-corrected chi connectivity index (χ4v) is 4.76. The molecule has 1 aromatic carbocycles. The number of alkyl halides is 14. The van der Waals surface area contributed by atoms with Gasteiger partial charge in [0.05, 0.1) is 6.61 Å². The third-order valence-corrected chi connectivity index (χ3v) is 7.30. The Balaban J connectivity index is 1.78. The molecule has 0 saturated heterocycles. The highest BCUT2D eigenvalue weighted by molar-refractivity contribution is 7.14. The normalized spacial score (nSPS) is 14.3. The van der Waals surface area contributed by atoms with E-state index in [9.17, 15) is 61.5 Å². The molecule has 0 spiro atoms. The lowest BCUT2D eigenvalue weighted by atomic mass is 10.1. The van der Waals surface area contributed by atoms with Crippen LogP contribution in [0, 0.1) is 0 Å².